The molecule has 0 N–H and O–H groups in total. The summed E-state index contributed by atoms with van der Waals surface area (Å²) in [5, 5.41) is 0. The molecule has 100 valence electrons. The zero-order valence-electron chi connectivity index (χ0n) is 12.8. The molecule has 1 aromatic rings. The van der Waals surface area contributed by atoms with Crippen LogP contribution in [0.2, 0.25) is 0 Å². The molecule has 0 aliphatic rings. The van der Waals surface area contributed by atoms with E-state index in [9.17, 15) is 4.79 Å². The Hall–Kier alpha value is -1.55. The number of ether oxygens (including phenoxy) is 1. The summed E-state index contributed by atoms with van der Waals surface area (Å²) in [6.07, 6.45) is -0.327. The first-order valence-electron chi connectivity index (χ1n) is 6.15. The van der Waals surface area contributed by atoms with E-state index >= 15 is 0 Å². The second-order valence-corrected chi connectivity index (χ2v) is 4.59. The topological polar surface area (TPSA) is 32.8 Å². The number of nitrogens with zero attached hydrogens (tertiary/aromatic N) is 2. The molecule has 4 nitrogen and oxygen atoms in total. The molecule has 0 heterocycles. The Bertz CT molecular complexity index is 410. The van der Waals surface area contributed by atoms with Crippen molar-refractivity contribution in [3.63, 3.8) is 0 Å². The Labute approximate surface area is 111 Å². The Balaban J connectivity index is 0.00000324. The fourth-order valence-corrected chi connectivity index (χ4v) is 1.44. The third kappa shape index (κ3) is 3.74. The van der Waals surface area contributed by atoms with Gasteiger partial charge in [-0.3, -0.25) is 0 Å². The van der Waals surface area contributed by atoms with Crippen LogP contribution in [0, 0.1) is 0 Å². The Morgan fingerprint density at radius 3 is 2.61 bits per heavy atom. The Kier molecular flexibility index (Phi) is 5.16. The van der Waals surface area contributed by atoms with Crippen LogP contribution in [0.5, 0.6) is 5.75 Å². The van der Waals surface area contributed by atoms with E-state index in [1.54, 1.807) is 13.1 Å². The van der Waals surface area contributed by atoms with Gasteiger partial charge in [-0.25, -0.2) is 4.79 Å². The van der Waals surface area contributed by atoms with Crippen molar-refractivity contribution in [3.05, 3.63) is 29.8 Å². The molecule has 18 heavy (non-hydrogen) atoms. The van der Waals surface area contributed by atoms with Gasteiger partial charge in [-0.05, 0) is 45.6 Å². The van der Waals surface area contributed by atoms with Gasteiger partial charge in [0, 0.05) is 19.6 Å². The molecule has 0 aliphatic carbocycles. The zero-order chi connectivity index (χ0) is 13.7. The molecular weight excluding hydrogens is 228 g/mol. The van der Waals surface area contributed by atoms with E-state index in [-0.39, 0.29) is 13.6 Å². The number of benzene rings is 1. The number of carbonyl (C=O) groups is 1. The van der Waals surface area contributed by atoms with Crippen LogP contribution in [0.25, 0.3) is 0 Å². The van der Waals surface area contributed by atoms with Crippen LogP contribution in [0.3, 0.4) is 0 Å². The summed E-state index contributed by atoms with van der Waals surface area (Å²) in [4.78, 5) is 15.3. The maximum absolute atomic E-state index is 11.7. The number of hydrogen-bond donors (Lipinski definition) is 0. The first-order valence-corrected chi connectivity index (χ1v) is 6.15. The smallest absolute Gasteiger partial charge is 0.410 e. The number of amides is 1. The van der Waals surface area contributed by atoms with Gasteiger partial charge in [0.1, 0.15) is 5.75 Å². The van der Waals surface area contributed by atoms with Gasteiger partial charge in [-0.1, -0.05) is 12.1 Å². The summed E-state index contributed by atoms with van der Waals surface area (Å²) in [6.45, 7) is 4.65. The summed E-state index contributed by atoms with van der Waals surface area (Å²) in [7, 11) is 5.76. The van der Waals surface area contributed by atoms with Crippen LogP contribution >= 0.6 is 0 Å². The van der Waals surface area contributed by atoms with Crippen molar-refractivity contribution in [2.45, 2.75) is 19.9 Å². The quantitative estimate of drug-likeness (QED) is 0.825. The molecule has 1 atom stereocenters. The van der Waals surface area contributed by atoms with Crippen LogP contribution in [-0.4, -0.2) is 43.6 Å². The predicted octanol–water partition coefficient (Wildman–Crippen LogP) is 2.87. The summed E-state index contributed by atoms with van der Waals surface area (Å²) in [5.41, 5.74) is 1.13. The first-order chi connectivity index (χ1) is 8.45. The average molecular weight is 251 g/mol. The minimum absolute atomic E-state index is 0. The molecule has 0 bridgehead atoms. The highest BCUT2D eigenvalue weighted by atomic mass is 16.6. The second-order valence-electron chi connectivity index (χ2n) is 4.59. The fraction of sp³-hybridized carbons (Fsp3) is 0.500. The lowest BCUT2D eigenvalue weighted by Crippen LogP contribution is -2.29. The van der Waals surface area contributed by atoms with E-state index in [1.165, 1.54) is 4.90 Å². The van der Waals surface area contributed by atoms with E-state index in [2.05, 4.69) is 11.8 Å². The number of hydrogen-bond acceptors (Lipinski definition) is 3. The normalized spacial score (nSPS) is 12.3. The van der Waals surface area contributed by atoms with Crippen LogP contribution in [0.1, 0.15) is 26.9 Å². The van der Waals surface area contributed by atoms with Gasteiger partial charge in [0.15, 0.2) is 0 Å². The van der Waals surface area contributed by atoms with Crippen LogP contribution in [0.15, 0.2) is 24.3 Å². The summed E-state index contributed by atoms with van der Waals surface area (Å²) in [5.74, 6) is 0.589. The van der Waals surface area contributed by atoms with Crippen molar-refractivity contribution in [3.8, 4) is 5.75 Å². The van der Waals surface area contributed by atoms with Crippen molar-refractivity contribution in [1.82, 2.24) is 9.80 Å². The van der Waals surface area contributed by atoms with Gasteiger partial charge in [-0.2, -0.15) is 0 Å². The van der Waals surface area contributed by atoms with Gasteiger partial charge in [0.25, 0.3) is 0 Å². The second kappa shape index (κ2) is 6.40. The monoisotopic (exact) mass is 251 g/mol. The highest BCUT2D eigenvalue weighted by Gasteiger charge is 2.12. The lowest BCUT2D eigenvalue weighted by molar-refractivity contribution is 0.165. The first kappa shape index (κ1) is 14.5. The maximum Gasteiger partial charge on any atom is 1.00 e. The molecule has 0 aliphatic heterocycles. The van der Waals surface area contributed by atoms with Crippen molar-refractivity contribution >= 4 is 6.09 Å². The van der Waals surface area contributed by atoms with E-state index in [4.69, 9.17) is 4.74 Å². The lowest BCUT2D eigenvalue weighted by Gasteiger charge is -2.21. The molecule has 1 aromatic carbocycles. The van der Waals surface area contributed by atoms with E-state index in [0.29, 0.717) is 12.3 Å². The lowest BCUT2D eigenvalue weighted by atomic mass is 10.1. The number of carbonyl (C=O) groups excluding carboxylic acids is 1. The van der Waals surface area contributed by atoms with Gasteiger partial charge >= 0.3 is 7.52 Å². The van der Waals surface area contributed by atoms with Gasteiger partial charge < -0.3 is 14.5 Å². The highest BCUT2D eigenvalue weighted by molar-refractivity contribution is 5.70. The molecular formula is C14H23N2O2+. The molecule has 1 unspecified atom stereocenters. The zero-order valence-corrected chi connectivity index (χ0v) is 11.8. The molecule has 0 saturated carbocycles. The van der Waals surface area contributed by atoms with Gasteiger partial charge in [0.2, 0.25) is 0 Å². The standard InChI is InChI=1S/C14H22N2O2/c1-6-16(5)14(17)18-13-9-7-8-12(10-13)11(2)15(3)4/h7-11H,6H2,1-5H3/p+1. The van der Waals surface area contributed by atoms with Crippen LogP contribution in [-0.2, 0) is 0 Å². The van der Waals surface area contributed by atoms with Crippen LogP contribution < -0.4 is 4.74 Å². The molecule has 0 spiro atoms. The third-order valence-corrected chi connectivity index (χ3v) is 3.11. The molecule has 1 rings (SSSR count). The molecule has 1 amide bonds. The molecule has 4 heteroatoms. The minimum atomic E-state index is -0.327. The van der Waals surface area contributed by atoms with Crippen molar-refractivity contribution < 1.29 is 11.0 Å². The van der Waals surface area contributed by atoms with E-state index < -0.39 is 0 Å². The largest absolute Gasteiger partial charge is 1.00 e. The SMILES string of the molecule is CCN(C)C(=O)Oc1cccc(C(C)N(C)C)c1.[H+]. The Morgan fingerprint density at radius 2 is 2.06 bits per heavy atom. The number of rotatable bonds is 4. The molecule has 0 fully saturated rings. The van der Waals surface area contributed by atoms with Crippen LogP contribution in [0.4, 0.5) is 4.79 Å². The van der Waals surface area contributed by atoms with Gasteiger partial charge in [-0.15, -0.1) is 0 Å². The minimum Gasteiger partial charge on any atom is -0.410 e. The highest BCUT2D eigenvalue weighted by Crippen LogP contribution is 2.22. The molecule has 0 aromatic heterocycles. The predicted molar refractivity (Wildman–Crippen MR) is 74.0 cm³/mol. The van der Waals surface area contributed by atoms with Crippen molar-refractivity contribution in [2.75, 3.05) is 27.7 Å². The van der Waals surface area contributed by atoms with Gasteiger partial charge in [0.05, 0.1) is 0 Å². The molecule has 0 saturated heterocycles. The maximum atomic E-state index is 11.7. The van der Waals surface area contributed by atoms with E-state index in [0.717, 1.165) is 5.56 Å². The third-order valence-electron chi connectivity index (χ3n) is 3.11. The Morgan fingerprint density at radius 1 is 1.39 bits per heavy atom. The molecule has 0 radical (unpaired) electrons. The average Bonchev–Trinajstić information content (AvgIpc) is 2.36. The fourth-order valence-electron chi connectivity index (χ4n) is 1.44. The van der Waals surface area contributed by atoms with Crippen molar-refractivity contribution in [1.29, 1.82) is 0 Å². The van der Waals surface area contributed by atoms with E-state index in [1.807, 2.05) is 39.2 Å². The summed E-state index contributed by atoms with van der Waals surface area (Å²) < 4.78 is 5.31. The summed E-state index contributed by atoms with van der Waals surface area (Å²) in [6, 6.07) is 7.93. The summed E-state index contributed by atoms with van der Waals surface area (Å²) >= 11 is 0. The van der Waals surface area contributed by atoms with Crippen molar-refractivity contribution in [2.24, 2.45) is 0 Å².